The van der Waals surface area contributed by atoms with Crippen molar-refractivity contribution < 1.29 is 12.9 Å². The average molecular weight is 342 g/mol. The van der Waals surface area contributed by atoms with Gasteiger partial charge in [-0.05, 0) is 24.0 Å². The number of sulfonamides is 1. The van der Waals surface area contributed by atoms with Crippen molar-refractivity contribution in [2.45, 2.75) is 23.3 Å². The van der Waals surface area contributed by atoms with Gasteiger partial charge in [-0.3, -0.25) is 0 Å². The van der Waals surface area contributed by atoms with E-state index in [-0.39, 0.29) is 16.9 Å². The van der Waals surface area contributed by atoms with Crippen LogP contribution in [0.15, 0.2) is 58.2 Å². The molecule has 0 bridgehead atoms. The molecule has 0 aliphatic heterocycles. The Kier molecular flexibility index (Phi) is 3.43. The molecule has 1 aromatic carbocycles. The minimum Gasteiger partial charge on any atom is -0.339 e. The third-order valence-electron chi connectivity index (χ3n) is 4.06. The monoisotopic (exact) mass is 342 g/mol. The maximum atomic E-state index is 11.2. The first-order chi connectivity index (χ1) is 11.5. The first kappa shape index (κ1) is 15.0. The maximum Gasteiger partial charge on any atom is 0.255 e. The van der Waals surface area contributed by atoms with Gasteiger partial charge in [0, 0.05) is 17.7 Å². The normalized spacial score (nSPS) is 20.0. The highest BCUT2D eigenvalue weighted by Gasteiger charge is 2.44. The van der Waals surface area contributed by atoms with Gasteiger partial charge in [-0.15, -0.1) is 0 Å². The van der Waals surface area contributed by atoms with E-state index in [1.54, 1.807) is 12.3 Å². The summed E-state index contributed by atoms with van der Waals surface area (Å²) in [5.74, 6) is 1.50. The number of hydrogen-bond donors (Lipinski definition) is 1. The van der Waals surface area contributed by atoms with E-state index < -0.39 is 10.0 Å². The molecule has 2 aromatic heterocycles. The van der Waals surface area contributed by atoms with Crippen LogP contribution in [0.2, 0.25) is 0 Å². The number of aromatic nitrogens is 3. The van der Waals surface area contributed by atoms with Crippen molar-refractivity contribution in [2.75, 3.05) is 0 Å². The summed E-state index contributed by atoms with van der Waals surface area (Å²) >= 11 is 0. The van der Waals surface area contributed by atoms with Crippen LogP contribution >= 0.6 is 0 Å². The molecular weight excluding hydrogens is 328 g/mol. The summed E-state index contributed by atoms with van der Waals surface area (Å²) in [6.07, 6.45) is 2.41. The molecule has 1 aliphatic carbocycles. The Balaban J connectivity index is 1.52. The zero-order chi connectivity index (χ0) is 16.7. The molecule has 1 saturated carbocycles. The number of hydrogen-bond acceptors (Lipinski definition) is 6. The fourth-order valence-corrected chi connectivity index (χ4v) is 3.16. The molecule has 0 amide bonds. The molecule has 0 saturated heterocycles. The van der Waals surface area contributed by atoms with Crippen molar-refractivity contribution in [3.05, 3.63) is 60.1 Å². The number of primary sulfonamides is 1. The van der Waals surface area contributed by atoms with Gasteiger partial charge in [0.2, 0.25) is 11.7 Å². The lowest BCUT2D eigenvalue weighted by Crippen LogP contribution is -2.13. The van der Waals surface area contributed by atoms with Crippen LogP contribution in [-0.2, 0) is 10.0 Å². The van der Waals surface area contributed by atoms with E-state index in [9.17, 15) is 8.42 Å². The van der Waals surface area contributed by atoms with Gasteiger partial charge < -0.3 is 4.52 Å². The van der Waals surface area contributed by atoms with Gasteiger partial charge in [-0.2, -0.15) is 4.98 Å². The van der Waals surface area contributed by atoms with Crippen molar-refractivity contribution in [2.24, 2.45) is 5.14 Å². The van der Waals surface area contributed by atoms with Crippen LogP contribution in [0.25, 0.3) is 11.4 Å². The molecule has 0 radical (unpaired) electrons. The molecule has 4 rings (SSSR count). The van der Waals surface area contributed by atoms with E-state index >= 15 is 0 Å². The zero-order valence-corrected chi connectivity index (χ0v) is 13.3. The number of rotatable bonds is 4. The smallest absolute Gasteiger partial charge is 0.255 e. The molecule has 0 unspecified atom stereocenters. The lowest BCUT2D eigenvalue weighted by molar-refractivity contribution is 0.378. The predicted octanol–water partition coefficient (Wildman–Crippen LogP) is 2.05. The van der Waals surface area contributed by atoms with Crippen LogP contribution in [-0.4, -0.2) is 23.5 Å². The van der Waals surface area contributed by atoms with Crippen molar-refractivity contribution >= 4 is 10.0 Å². The lowest BCUT2D eigenvalue weighted by atomic mass is 10.1. The van der Waals surface area contributed by atoms with Gasteiger partial charge in [0.25, 0.3) is 10.0 Å². The standard InChI is InChI=1S/C16H14N4O3S/c17-24(21,22)14-7-6-11(9-18-14)12-8-13(12)16-19-15(20-23-16)10-4-2-1-3-5-10/h1-7,9,12-13H,8H2,(H2,17,21,22)/t12-,13+/m0/s1. The molecule has 24 heavy (non-hydrogen) atoms. The quantitative estimate of drug-likeness (QED) is 0.776. The Morgan fingerprint density at radius 3 is 2.54 bits per heavy atom. The largest absolute Gasteiger partial charge is 0.339 e. The Bertz CT molecular complexity index is 968. The molecule has 8 heteroatoms. The number of nitrogens with zero attached hydrogens (tertiary/aromatic N) is 3. The lowest BCUT2D eigenvalue weighted by Gasteiger charge is -2.00. The summed E-state index contributed by atoms with van der Waals surface area (Å²) in [6.45, 7) is 0. The van der Waals surface area contributed by atoms with Gasteiger partial charge in [0.15, 0.2) is 5.03 Å². The summed E-state index contributed by atoms with van der Waals surface area (Å²) in [5.41, 5.74) is 1.84. The van der Waals surface area contributed by atoms with Crippen molar-refractivity contribution in [3.63, 3.8) is 0 Å². The molecule has 2 heterocycles. The summed E-state index contributed by atoms with van der Waals surface area (Å²) in [6, 6.07) is 12.8. The highest BCUT2D eigenvalue weighted by Crippen LogP contribution is 2.54. The van der Waals surface area contributed by atoms with Crippen LogP contribution in [0.1, 0.15) is 29.7 Å². The minimum atomic E-state index is -3.77. The van der Waals surface area contributed by atoms with Gasteiger partial charge in [0.1, 0.15) is 0 Å². The van der Waals surface area contributed by atoms with Gasteiger partial charge in [-0.1, -0.05) is 41.6 Å². The zero-order valence-electron chi connectivity index (χ0n) is 12.5. The van der Waals surface area contributed by atoms with Crippen LogP contribution in [0.5, 0.6) is 0 Å². The van der Waals surface area contributed by atoms with Crippen LogP contribution in [0, 0.1) is 0 Å². The van der Waals surface area contributed by atoms with E-state index in [2.05, 4.69) is 15.1 Å². The van der Waals surface area contributed by atoms with Crippen LogP contribution < -0.4 is 5.14 Å². The highest BCUT2D eigenvalue weighted by atomic mass is 32.2. The van der Waals surface area contributed by atoms with Crippen molar-refractivity contribution in [1.82, 2.24) is 15.1 Å². The molecule has 1 aliphatic rings. The van der Waals surface area contributed by atoms with E-state index in [1.165, 1.54) is 6.07 Å². The molecule has 122 valence electrons. The second-order valence-corrected chi connectivity index (χ2v) is 7.25. The van der Waals surface area contributed by atoms with Crippen molar-refractivity contribution in [1.29, 1.82) is 0 Å². The Labute approximate surface area is 138 Å². The SMILES string of the molecule is NS(=O)(=O)c1ccc([C@@H]2C[C@H]2c2nc(-c3ccccc3)no2)cn1. The molecule has 2 atom stereocenters. The molecular formula is C16H14N4O3S. The van der Waals surface area contributed by atoms with Gasteiger partial charge in [-0.25, -0.2) is 18.5 Å². The molecule has 1 fully saturated rings. The first-order valence-corrected chi connectivity index (χ1v) is 8.95. The average Bonchev–Trinajstić information content (AvgIpc) is 3.23. The topological polar surface area (TPSA) is 112 Å². The fraction of sp³-hybridized carbons (Fsp3) is 0.188. The van der Waals surface area contributed by atoms with Gasteiger partial charge in [0.05, 0.1) is 0 Å². The third-order valence-corrected chi connectivity index (χ3v) is 4.88. The number of nitrogens with two attached hydrogens (primary N) is 1. The fourth-order valence-electron chi connectivity index (χ4n) is 2.71. The van der Waals surface area contributed by atoms with E-state index in [0.29, 0.717) is 11.7 Å². The second kappa shape index (κ2) is 5.50. The Hall–Kier alpha value is -2.58. The first-order valence-electron chi connectivity index (χ1n) is 7.40. The van der Waals surface area contributed by atoms with E-state index in [0.717, 1.165) is 17.5 Å². The Morgan fingerprint density at radius 2 is 1.88 bits per heavy atom. The van der Waals surface area contributed by atoms with Gasteiger partial charge >= 0.3 is 0 Å². The van der Waals surface area contributed by atoms with Crippen LogP contribution in [0.3, 0.4) is 0 Å². The summed E-state index contributed by atoms with van der Waals surface area (Å²) in [4.78, 5) is 8.37. The van der Waals surface area contributed by atoms with E-state index in [1.807, 2.05) is 30.3 Å². The van der Waals surface area contributed by atoms with Crippen molar-refractivity contribution in [3.8, 4) is 11.4 Å². The summed E-state index contributed by atoms with van der Waals surface area (Å²) in [5, 5.41) is 8.94. The van der Waals surface area contributed by atoms with Crippen LogP contribution in [0.4, 0.5) is 0 Å². The molecule has 3 aromatic rings. The minimum absolute atomic E-state index is 0.132. The molecule has 2 N–H and O–H groups in total. The number of pyridine rings is 1. The Morgan fingerprint density at radius 1 is 1.08 bits per heavy atom. The highest BCUT2D eigenvalue weighted by molar-refractivity contribution is 7.89. The second-order valence-electron chi connectivity index (χ2n) is 5.75. The summed E-state index contributed by atoms with van der Waals surface area (Å²) < 4.78 is 27.8. The maximum absolute atomic E-state index is 11.2. The molecule has 0 spiro atoms. The third kappa shape index (κ3) is 2.81. The predicted molar refractivity (Wildman–Crippen MR) is 85.4 cm³/mol. The van der Waals surface area contributed by atoms with E-state index in [4.69, 9.17) is 9.66 Å². The summed E-state index contributed by atoms with van der Waals surface area (Å²) in [7, 11) is -3.77. The number of benzene rings is 1. The molecule has 7 nitrogen and oxygen atoms in total.